The van der Waals surface area contributed by atoms with Gasteiger partial charge in [0, 0.05) is 36.8 Å². The number of rotatable bonds is 5. The van der Waals surface area contributed by atoms with Gasteiger partial charge in [-0.1, -0.05) is 13.8 Å². The van der Waals surface area contributed by atoms with Gasteiger partial charge in [0.25, 0.3) is 5.91 Å². The number of nitrogens with zero attached hydrogens (tertiary/aromatic N) is 4. The second kappa shape index (κ2) is 6.56. The molecule has 6 heteroatoms. The van der Waals surface area contributed by atoms with Crippen molar-refractivity contribution in [2.24, 2.45) is 0 Å². The van der Waals surface area contributed by atoms with E-state index in [1.165, 1.54) is 6.39 Å². The quantitative estimate of drug-likeness (QED) is 0.847. The van der Waals surface area contributed by atoms with Gasteiger partial charge < -0.3 is 9.32 Å². The average Bonchev–Trinajstić information content (AvgIpc) is 3.06. The lowest BCUT2D eigenvalue weighted by Gasteiger charge is -2.17. The van der Waals surface area contributed by atoms with Crippen LogP contribution in [-0.2, 0) is 6.54 Å². The predicted octanol–water partition coefficient (Wildman–Crippen LogP) is 3.46. The fraction of sp³-hybridized carbons (Fsp3) is 0.588. The molecule has 126 valence electrons. The van der Waals surface area contributed by atoms with E-state index in [-0.39, 0.29) is 11.8 Å². The number of aryl methyl sites for hydroxylation is 1. The van der Waals surface area contributed by atoms with Crippen molar-refractivity contribution in [1.82, 2.24) is 19.7 Å². The first-order valence-corrected chi connectivity index (χ1v) is 7.97. The van der Waals surface area contributed by atoms with Gasteiger partial charge in [0.1, 0.15) is 5.76 Å². The van der Waals surface area contributed by atoms with Crippen molar-refractivity contribution in [3.05, 3.63) is 34.8 Å². The highest BCUT2D eigenvalue weighted by atomic mass is 16.3. The minimum Gasteiger partial charge on any atom is -0.447 e. The molecule has 0 bridgehead atoms. The second-order valence-electron chi connectivity index (χ2n) is 6.57. The Morgan fingerprint density at radius 1 is 1.30 bits per heavy atom. The summed E-state index contributed by atoms with van der Waals surface area (Å²) in [6, 6.07) is 0.298. The molecule has 2 aromatic rings. The van der Waals surface area contributed by atoms with Crippen LogP contribution in [0.5, 0.6) is 0 Å². The smallest absolute Gasteiger partial charge is 0.276 e. The van der Waals surface area contributed by atoms with Gasteiger partial charge in [0.2, 0.25) is 0 Å². The molecule has 6 nitrogen and oxygen atoms in total. The Morgan fingerprint density at radius 2 is 1.96 bits per heavy atom. The van der Waals surface area contributed by atoms with Crippen molar-refractivity contribution in [1.29, 1.82) is 0 Å². The Morgan fingerprint density at radius 3 is 2.48 bits per heavy atom. The highest BCUT2D eigenvalue weighted by Gasteiger charge is 2.24. The number of carbonyl (C=O) groups excluding carboxylic acids is 1. The van der Waals surface area contributed by atoms with Crippen LogP contribution in [0.15, 0.2) is 10.8 Å². The van der Waals surface area contributed by atoms with E-state index >= 15 is 0 Å². The molecule has 0 aliphatic heterocycles. The lowest BCUT2D eigenvalue weighted by Crippen LogP contribution is -2.28. The Bertz CT molecular complexity index is 698. The molecule has 0 aliphatic rings. The van der Waals surface area contributed by atoms with Gasteiger partial charge in [-0.15, -0.1) is 0 Å². The van der Waals surface area contributed by atoms with Crippen LogP contribution in [0.2, 0.25) is 0 Å². The van der Waals surface area contributed by atoms with Gasteiger partial charge in [-0.3, -0.25) is 9.48 Å². The third kappa shape index (κ3) is 3.30. The van der Waals surface area contributed by atoms with E-state index in [0.29, 0.717) is 24.0 Å². The molecule has 0 unspecified atom stereocenters. The summed E-state index contributed by atoms with van der Waals surface area (Å²) in [5, 5.41) is 4.58. The highest BCUT2D eigenvalue weighted by molar-refractivity contribution is 5.93. The van der Waals surface area contributed by atoms with E-state index in [0.717, 1.165) is 17.0 Å². The van der Waals surface area contributed by atoms with Crippen molar-refractivity contribution in [2.45, 2.75) is 60.0 Å². The number of amides is 1. The molecule has 2 heterocycles. The van der Waals surface area contributed by atoms with Crippen molar-refractivity contribution in [3.8, 4) is 0 Å². The van der Waals surface area contributed by atoms with Crippen LogP contribution in [0.4, 0.5) is 0 Å². The third-order valence-electron chi connectivity index (χ3n) is 4.03. The fourth-order valence-electron chi connectivity index (χ4n) is 2.74. The maximum atomic E-state index is 12.7. The monoisotopic (exact) mass is 318 g/mol. The Labute approximate surface area is 137 Å². The molecule has 0 saturated heterocycles. The highest BCUT2D eigenvalue weighted by Crippen LogP contribution is 2.22. The van der Waals surface area contributed by atoms with E-state index in [2.05, 4.69) is 23.9 Å². The molecule has 2 aromatic heterocycles. The molecule has 2 rings (SSSR count). The summed E-state index contributed by atoms with van der Waals surface area (Å²) in [7, 11) is 1.78. The summed E-state index contributed by atoms with van der Waals surface area (Å²) < 4.78 is 7.35. The maximum absolute atomic E-state index is 12.7. The first kappa shape index (κ1) is 17.2. The molecule has 0 saturated carbocycles. The number of aromatic nitrogens is 3. The molecule has 0 N–H and O–H groups in total. The van der Waals surface area contributed by atoms with Crippen LogP contribution in [0.3, 0.4) is 0 Å². The Kier molecular flexibility index (Phi) is 4.92. The van der Waals surface area contributed by atoms with Gasteiger partial charge in [-0.25, -0.2) is 4.98 Å². The zero-order chi connectivity index (χ0) is 17.3. The number of oxazole rings is 1. The largest absolute Gasteiger partial charge is 0.447 e. The maximum Gasteiger partial charge on any atom is 0.276 e. The van der Waals surface area contributed by atoms with Gasteiger partial charge in [0.05, 0.1) is 5.69 Å². The third-order valence-corrected chi connectivity index (χ3v) is 4.03. The van der Waals surface area contributed by atoms with Crippen LogP contribution in [0.25, 0.3) is 0 Å². The first-order chi connectivity index (χ1) is 10.7. The summed E-state index contributed by atoms with van der Waals surface area (Å²) in [4.78, 5) is 18.4. The summed E-state index contributed by atoms with van der Waals surface area (Å²) >= 11 is 0. The number of carbonyl (C=O) groups is 1. The average molecular weight is 318 g/mol. The zero-order valence-corrected chi connectivity index (χ0v) is 15.0. The van der Waals surface area contributed by atoms with Crippen molar-refractivity contribution >= 4 is 5.91 Å². The predicted molar refractivity (Wildman–Crippen MR) is 88.5 cm³/mol. The summed E-state index contributed by atoms with van der Waals surface area (Å²) in [5.41, 5.74) is 3.54. The SMILES string of the molecule is Cc1nn(C(C)C)c(C)c1CN(C)C(=O)c1ncoc1C(C)C. The fourth-order valence-corrected chi connectivity index (χ4v) is 2.74. The van der Waals surface area contributed by atoms with Crippen LogP contribution < -0.4 is 0 Å². The molecule has 23 heavy (non-hydrogen) atoms. The molecular weight excluding hydrogens is 292 g/mol. The lowest BCUT2D eigenvalue weighted by molar-refractivity contribution is 0.0776. The topological polar surface area (TPSA) is 64.2 Å². The summed E-state index contributed by atoms with van der Waals surface area (Å²) in [5.74, 6) is 0.628. The normalized spacial score (nSPS) is 11.5. The second-order valence-corrected chi connectivity index (χ2v) is 6.57. The van der Waals surface area contributed by atoms with Gasteiger partial charge >= 0.3 is 0 Å². The molecule has 0 aromatic carbocycles. The van der Waals surface area contributed by atoms with Gasteiger partial charge in [0.15, 0.2) is 12.1 Å². The van der Waals surface area contributed by atoms with E-state index in [1.54, 1.807) is 11.9 Å². The summed E-state index contributed by atoms with van der Waals surface area (Å²) in [6.07, 6.45) is 1.34. The van der Waals surface area contributed by atoms with Crippen LogP contribution in [-0.4, -0.2) is 32.6 Å². The van der Waals surface area contributed by atoms with E-state index in [1.807, 2.05) is 32.4 Å². The van der Waals surface area contributed by atoms with Crippen molar-refractivity contribution in [2.75, 3.05) is 7.05 Å². The van der Waals surface area contributed by atoms with Crippen molar-refractivity contribution in [3.63, 3.8) is 0 Å². The first-order valence-electron chi connectivity index (χ1n) is 7.97. The van der Waals surface area contributed by atoms with E-state index in [9.17, 15) is 4.79 Å². The molecule has 0 spiro atoms. The van der Waals surface area contributed by atoms with Crippen LogP contribution in [0, 0.1) is 13.8 Å². The standard InChI is InChI=1S/C17H26N4O2/c1-10(2)16-15(18-9-23-16)17(22)20(7)8-14-12(5)19-21(11(3)4)13(14)6/h9-11H,8H2,1-7H3. The molecule has 0 fully saturated rings. The minimum absolute atomic E-state index is 0.122. The molecule has 1 amide bonds. The Balaban J connectivity index is 2.24. The lowest BCUT2D eigenvalue weighted by atomic mass is 10.1. The Hall–Kier alpha value is -2.11. The van der Waals surface area contributed by atoms with E-state index < -0.39 is 0 Å². The van der Waals surface area contributed by atoms with Crippen LogP contribution in [0.1, 0.15) is 72.9 Å². The number of hydrogen-bond donors (Lipinski definition) is 0. The van der Waals surface area contributed by atoms with Crippen molar-refractivity contribution < 1.29 is 9.21 Å². The van der Waals surface area contributed by atoms with E-state index in [4.69, 9.17) is 4.42 Å². The summed E-state index contributed by atoms with van der Waals surface area (Å²) in [6.45, 7) is 12.7. The zero-order valence-electron chi connectivity index (χ0n) is 15.0. The van der Waals surface area contributed by atoms with Crippen LogP contribution >= 0.6 is 0 Å². The molecule has 0 radical (unpaired) electrons. The molecule has 0 aliphatic carbocycles. The minimum atomic E-state index is -0.126. The molecular formula is C17H26N4O2. The van der Waals surface area contributed by atoms with Gasteiger partial charge in [-0.05, 0) is 27.7 Å². The van der Waals surface area contributed by atoms with Gasteiger partial charge in [-0.2, -0.15) is 5.10 Å². The molecule has 0 atom stereocenters. The number of hydrogen-bond acceptors (Lipinski definition) is 4.